The molecule has 0 spiro atoms. The number of esters is 1. The highest BCUT2D eigenvalue weighted by molar-refractivity contribution is 5.97. The molecule has 0 saturated heterocycles. The molecule has 0 aromatic carbocycles. The molecule has 0 aliphatic rings. The van der Waals surface area contributed by atoms with Gasteiger partial charge in [0.15, 0.2) is 0 Å². The van der Waals surface area contributed by atoms with Crippen LogP contribution < -0.4 is 0 Å². The van der Waals surface area contributed by atoms with Gasteiger partial charge < -0.3 is 14.2 Å². The quantitative estimate of drug-likeness (QED) is 0.216. The molecule has 0 aliphatic carbocycles. The molecule has 0 unspecified atom stereocenters. The topological polar surface area (TPSA) is 57.1 Å². The van der Waals surface area contributed by atoms with E-state index in [2.05, 4.69) is 15.6 Å². The number of aliphatic imine (C=N–C) groups is 1. The molecule has 0 rings (SSSR count). The number of ether oxygens (including phenoxy) is 3. The first-order valence-corrected chi connectivity index (χ1v) is 5.48. The Kier molecular flexibility index (Phi) is 9.32. The number of terminal acetylenes is 1. The Morgan fingerprint density at radius 1 is 1.39 bits per heavy atom. The molecule has 5 heteroatoms. The van der Waals surface area contributed by atoms with Crippen LogP contribution in [-0.4, -0.2) is 39.1 Å². The van der Waals surface area contributed by atoms with E-state index in [1.807, 2.05) is 0 Å². The van der Waals surface area contributed by atoms with Gasteiger partial charge >= 0.3 is 5.97 Å². The van der Waals surface area contributed by atoms with Crippen LogP contribution in [-0.2, 0) is 19.0 Å². The molecule has 0 aromatic rings. The first-order valence-electron chi connectivity index (χ1n) is 5.48. The summed E-state index contributed by atoms with van der Waals surface area (Å²) in [5.41, 5.74) is 0.631. The molecule has 0 fully saturated rings. The third kappa shape index (κ3) is 8.36. The number of allylic oxidation sites excluding steroid dienone is 1. The van der Waals surface area contributed by atoms with Crippen LogP contribution in [0.1, 0.15) is 19.8 Å². The van der Waals surface area contributed by atoms with Crippen molar-refractivity contribution in [2.75, 3.05) is 27.4 Å². The van der Waals surface area contributed by atoms with Crippen molar-refractivity contribution in [2.24, 2.45) is 4.99 Å². The van der Waals surface area contributed by atoms with E-state index in [9.17, 15) is 4.79 Å². The van der Waals surface area contributed by atoms with Crippen LogP contribution in [0.15, 0.2) is 17.0 Å². The molecule has 0 aliphatic heterocycles. The molecule has 0 atom stereocenters. The third-order valence-corrected chi connectivity index (χ3v) is 1.91. The first kappa shape index (κ1) is 16.2. The number of nitrogens with zero attached hydrogens (tertiary/aromatic N) is 1. The summed E-state index contributed by atoms with van der Waals surface area (Å²) >= 11 is 0. The van der Waals surface area contributed by atoms with Gasteiger partial charge in [0.2, 0.25) is 0 Å². The highest BCUT2D eigenvalue weighted by Gasteiger charge is 2.02. The number of carbonyl (C=O) groups is 1. The zero-order valence-corrected chi connectivity index (χ0v) is 11.1. The van der Waals surface area contributed by atoms with E-state index < -0.39 is 0 Å². The van der Waals surface area contributed by atoms with Gasteiger partial charge in [-0.15, -0.1) is 6.42 Å². The minimum atomic E-state index is -0.330. The number of hydrogen-bond acceptors (Lipinski definition) is 5. The molecule has 100 valence electrons. The highest BCUT2D eigenvalue weighted by Crippen LogP contribution is 2.04. The SMILES string of the molecule is C#CC/C(=C\N=C(/C)CC(=O)OC)OCCOC. The maximum absolute atomic E-state index is 11.0. The van der Waals surface area contributed by atoms with E-state index in [1.165, 1.54) is 13.3 Å². The fourth-order valence-electron chi connectivity index (χ4n) is 1.000. The molecule has 0 amide bonds. The first-order chi connectivity index (χ1) is 8.63. The van der Waals surface area contributed by atoms with Crippen molar-refractivity contribution >= 4 is 11.7 Å². The molecule has 0 bridgehead atoms. The van der Waals surface area contributed by atoms with Gasteiger partial charge in [-0.3, -0.25) is 9.79 Å². The van der Waals surface area contributed by atoms with E-state index in [0.717, 1.165) is 0 Å². The summed E-state index contributed by atoms with van der Waals surface area (Å²) in [6.07, 6.45) is 7.23. The molecule has 0 aromatic heterocycles. The Hall–Kier alpha value is -1.80. The van der Waals surface area contributed by atoms with Crippen LogP contribution in [0.2, 0.25) is 0 Å². The standard InChI is InChI=1S/C13H19NO4/c1-5-6-12(18-8-7-16-3)10-14-11(2)9-13(15)17-4/h1,10H,6-9H2,2-4H3/b12-10+,14-11+. The number of hydrogen-bond donors (Lipinski definition) is 0. The fraction of sp³-hybridized carbons (Fsp3) is 0.538. The van der Waals surface area contributed by atoms with Crippen LogP contribution >= 0.6 is 0 Å². The largest absolute Gasteiger partial charge is 0.493 e. The molecule has 0 N–H and O–H groups in total. The van der Waals surface area contributed by atoms with Gasteiger partial charge in [0.25, 0.3) is 0 Å². The second kappa shape index (κ2) is 10.4. The van der Waals surface area contributed by atoms with Crippen molar-refractivity contribution in [3.8, 4) is 12.3 Å². The zero-order valence-electron chi connectivity index (χ0n) is 11.1. The van der Waals surface area contributed by atoms with E-state index in [-0.39, 0.29) is 12.4 Å². The van der Waals surface area contributed by atoms with Crippen molar-refractivity contribution in [3.05, 3.63) is 12.0 Å². The normalized spacial score (nSPS) is 11.9. The maximum Gasteiger partial charge on any atom is 0.311 e. The Morgan fingerprint density at radius 2 is 2.11 bits per heavy atom. The number of rotatable bonds is 8. The Balaban J connectivity index is 4.40. The second-order valence-corrected chi connectivity index (χ2v) is 3.43. The summed E-state index contributed by atoms with van der Waals surface area (Å²) in [5, 5.41) is 0. The van der Waals surface area contributed by atoms with Crippen molar-refractivity contribution in [2.45, 2.75) is 19.8 Å². The highest BCUT2D eigenvalue weighted by atomic mass is 16.5. The molecule has 18 heavy (non-hydrogen) atoms. The lowest BCUT2D eigenvalue weighted by atomic mass is 10.3. The summed E-state index contributed by atoms with van der Waals surface area (Å²) in [4.78, 5) is 15.1. The van der Waals surface area contributed by atoms with E-state index in [4.69, 9.17) is 15.9 Å². The Bertz CT molecular complexity index is 352. The van der Waals surface area contributed by atoms with E-state index in [1.54, 1.807) is 14.0 Å². The van der Waals surface area contributed by atoms with Gasteiger partial charge in [0.1, 0.15) is 12.4 Å². The monoisotopic (exact) mass is 253 g/mol. The van der Waals surface area contributed by atoms with Gasteiger partial charge in [0.05, 0.1) is 32.8 Å². The summed E-state index contributed by atoms with van der Waals surface area (Å²) in [6, 6.07) is 0. The fourth-order valence-corrected chi connectivity index (χ4v) is 1.000. The van der Waals surface area contributed by atoms with Gasteiger partial charge in [-0.1, -0.05) is 5.92 Å². The van der Waals surface area contributed by atoms with E-state index in [0.29, 0.717) is 31.1 Å². The molecule has 0 saturated carbocycles. The zero-order chi connectivity index (χ0) is 13.8. The van der Waals surface area contributed by atoms with Crippen LogP contribution in [0.4, 0.5) is 0 Å². The molecule has 0 heterocycles. The van der Waals surface area contributed by atoms with Crippen molar-refractivity contribution in [1.82, 2.24) is 0 Å². The summed E-state index contributed by atoms with van der Waals surface area (Å²) in [7, 11) is 2.93. The van der Waals surface area contributed by atoms with Crippen LogP contribution in [0.5, 0.6) is 0 Å². The Labute approximate surface area is 108 Å². The molecular weight excluding hydrogens is 234 g/mol. The van der Waals surface area contributed by atoms with Crippen LogP contribution in [0.25, 0.3) is 0 Å². The third-order valence-electron chi connectivity index (χ3n) is 1.91. The maximum atomic E-state index is 11.0. The average molecular weight is 253 g/mol. The molecule has 0 radical (unpaired) electrons. The minimum absolute atomic E-state index is 0.147. The van der Waals surface area contributed by atoms with Gasteiger partial charge in [0, 0.05) is 12.8 Å². The van der Waals surface area contributed by atoms with Crippen molar-refractivity contribution in [1.29, 1.82) is 0 Å². The second-order valence-electron chi connectivity index (χ2n) is 3.43. The predicted octanol–water partition coefficient (Wildman–Crippen LogP) is 1.54. The lowest BCUT2D eigenvalue weighted by molar-refractivity contribution is -0.139. The summed E-state index contributed by atoms with van der Waals surface area (Å²) in [5.74, 6) is 2.71. The van der Waals surface area contributed by atoms with Crippen LogP contribution in [0, 0.1) is 12.3 Å². The van der Waals surface area contributed by atoms with Crippen LogP contribution in [0.3, 0.4) is 0 Å². The van der Waals surface area contributed by atoms with Gasteiger partial charge in [-0.25, -0.2) is 0 Å². The summed E-state index contributed by atoms with van der Waals surface area (Å²) < 4.78 is 14.8. The number of carbonyl (C=O) groups excluding carboxylic acids is 1. The molecular formula is C13H19NO4. The lowest BCUT2D eigenvalue weighted by Crippen LogP contribution is -2.06. The minimum Gasteiger partial charge on any atom is -0.493 e. The number of methoxy groups -OCH3 is 2. The predicted molar refractivity (Wildman–Crippen MR) is 69.1 cm³/mol. The van der Waals surface area contributed by atoms with Gasteiger partial charge in [-0.05, 0) is 6.92 Å². The molecule has 5 nitrogen and oxygen atoms in total. The van der Waals surface area contributed by atoms with Gasteiger partial charge in [-0.2, -0.15) is 0 Å². The van der Waals surface area contributed by atoms with Crippen molar-refractivity contribution < 1.29 is 19.0 Å². The lowest BCUT2D eigenvalue weighted by Gasteiger charge is -2.06. The summed E-state index contributed by atoms with van der Waals surface area (Å²) in [6.45, 7) is 2.62. The average Bonchev–Trinajstić information content (AvgIpc) is 2.36. The smallest absolute Gasteiger partial charge is 0.311 e. The van der Waals surface area contributed by atoms with Crippen molar-refractivity contribution in [3.63, 3.8) is 0 Å². The van der Waals surface area contributed by atoms with E-state index >= 15 is 0 Å². The Morgan fingerprint density at radius 3 is 2.67 bits per heavy atom.